The Balaban J connectivity index is 1.93. The molecule has 2 aromatic heterocycles. The predicted molar refractivity (Wildman–Crippen MR) is 126 cm³/mol. The third-order valence-corrected chi connectivity index (χ3v) is 7.56. The Bertz CT molecular complexity index is 1040. The van der Waals surface area contributed by atoms with Crippen LogP contribution in [0.25, 0.3) is 0 Å². The number of anilines is 1. The van der Waals surface area contributed by atoms with Crippen LogP contribution in [0.2, 0.25) is 0 Å². The Labute approximate surface area is 205 Å². The summed E-state index contributed by atoms with van der Waals surface area (Å²) >= 11 is 0. The maximum absolute atomic E-state index is 13.4. The summed E-state index contributed by atoms with van der Waals surface area (Å²) in [6.45, 7) is 4.01. The standard InChI is InChI=1S/C21H34N6O7S/c1-13-7-8-17(34-13)20-24-25-21(27(20)15(11-30-3)12-31-4)26-35(28,29)14(2)18(33-6)19-22-9-16(32-5)10-23-19/h9-10,13-15,17-18H,7-8,11-12H2,1-6H3,(H,25,26)/t13-,14+,17-,18+/m1/s1. The van der Waals surface area contributed by atoms with Gasteiger partial charge >= 0.3 is 0 Å². The highest BCUT2D eigenvalue weighted by atomic mass is 32.2. The second kappa shape index (κ2) is 12.0. The van der Waals surface area contributed by atoms with E-state index in [1.54, 1.807) is 18.8 Å². The van der Waals surface area contributed by atoms with Crippen molar-refractivity contribution in [1.82, 2.24) is 24.7 Å². The smallest absolute Gasteiger partial charge is 0.240 e. The van der Waals surface area contributed by atoms with Crippen LogP contribution in [0, 0.1) is 0 Å². The summed E-state index contributed by atoms with van der Waals surface area (Å²) in [5.41, 5.74) is 0. The van der Waals surface area contributed by atoms with Gasteiger partial charge in [0.15, 0.2) is 17.4 Å². The number of nitrogens with one attached hydrogen (secondary N) is 1. The predicted octanol–water partition coefficient (Wildman–Crippen LogP) is 1.67. The largest absolute Gasteiger partial charge is 0.494 e. The Hall–Kier alpha value is -2.39. The van der Waals surface area contributed by atoms with Crippen molar-refractivity contribution in [3.8, 4) is 5.75 Å². The van der Waals surface area contributed by atoms with Crippen LogP contribution in [0.3, 0.4) is 0 Å². The molecule has 1 N–H and O–H groups in total. The lowest BCUT2D eigenvalue weighted by atomic mass is 10.2. The second-order valence-corrected chi connectivity index (χ2v) is 10.4. The molecule has 0 unspecified atom stereocenters. The number of nitrogens with zero attached hydrogens (tertiary/aromatic N) is 5. The molecule has 0 spiro atoms. The normalized spacial score (nSPS) is 20.2. The van der Waals surface area contributed by atoms with Gasteiger partial charge in [0.1, 0.15) is 17.5 Å². The minimum Gasteiger partial charge on any atom is -0.494 e. The first-order chi connectivity index (χ1) is 16.7. The first kappa shape index (κ1) is 27.2. The molecule has 2 aromatic rings. The molecule has 0 aliphatic carbocycles. The van der Waals surface area contributed by atoms with E-state index in [2.05, 4.69) is 24.9 Å². The van der Waals surface area contributed by atoms with Crippen molar-refractivity contribution in [1.29, 1.82) is 0 Å². The number of methoxy groups -OCH3 is 4. The van der Waals surface area contributed by atoms with Crippen LogP contribution in [0.15, 0.2) is 12.4 Å². The Morgan fingerprint density at radius 2 is 1.77 bits per heavy atom. The molecule has 1 fully saturated rings. The Kier molecular flexibility index (Phi) is 9.35. The van der Waals surface area contributed by atoms with E-state index in [4.69, 9.17) is 23.7 Å². The molecule has 35 heavy (non-hydrogen) atoms. The minimum absolute atomic E-state index is 0.0413. The molecule has 1 aliphatic rings. The van der Waals surface area contributed by atoms with Gasteiger partial charge in [0.2, 0.25) is 16.0 Å². The number of sulfonamides is 1. The van der Waals surface area contributed by atoms with Crippen molar-refractivity contribution in [3.05, 3.63) is 24.0 Å². The highest BCUT2D eigenvalue weighted by Crippen LogP contribution is 2.35. The van der Waals surface area contributed by atoms with Crippen molar-refractivity contribution in [2.24, 2.45) is 0 Å². The van der Waals surface area contributed by atoms with Crippen LogP contribution in [-0.4, -0.2) is 86.2 Å². The van der Waals surface area contributed by atoms with Gasteiger partial charge in [-0.3, -0.25) is 9.29 Å². The molecule has 0 amide bonds. The highest BCUT2D eigenvalue weighted by Gasteiger charge is 2.36. The van der Waals surface area contributed by atoms with Gasteiger partial charge in [0, 0.05) is 21.3 Å². The van der Waals surface area contributed by atoms with Gasteiger partial charge in [-0.25, -0.2) is 18.4 Å². The minimum atomic E-state index is -4.03. The van der Waals surface area contributed by atoms with Crippen LogP contribution in [0.1, 0.15) is 56.6 Å². The van der Waals surface area contributed by atoms with Crippen molar-refractivity contribution < 1.29 is 32.1 Å². The molecular weight excluding hydrogens is 480 g/mol. The third kappa shape index (κ3) is 6.25. The highest BCUT2D eigenvalue weighted by molar-refractivity contribution is 7.93. The summed E-state index contributed by atoms with van der Waals surface area (Å²) in [6.07, 6.45) is 3.33. The molecule has 1 saturated heterocycles. The number of hydrogen-bond acceptors (Lipinski definition) is 11. The van der Waals surface area contributed by atoms with Gasteiger partial charge in [-0.15, -0.1) is 10.2 Å². The molecule has 3 heterocycles. The van der Waals surface area contributed by atoms with Gasteiger partial charge in [0.25, 0.3) is 0 Å². The number of rotatable bonds is 13. The van der Waals surface area contributed by atoms with Crippen LogP contribution in [0.4, 0.5) is 5.95 Å². The first-order valence-electron chi connectivity index (χ1n) is 11.2. The zero-order valence-corrected chi connectivity index (χ0v) is 21.7. The van der Waals surface area contributed by atoms with Crippen molar-refractivity contribution in [2.75, 3.05) is 46.4 Å². The van der Waals surface area contributed by atoms with Crippen molar-refractivity contribution >= 4 is 16.0 Å². The van der Waals surface area contributed by atoms with E-state index in [-0.39, 0.29) is 43.2 Å². The van der Waals surface area contributed by atoms with Crippen LogP contribution < -0.4 is 9.46 Å². The van der Waals surface area contributed by atoms with Crippen LogP contribution in [-0.2, 0) is 29.0 Å². The molecule has 3 rings (SSSR count). The monoisotopic (exact) mass is 514 g/mol. The average Bonchev–Trinajstić information content (AvgIpc) is 3.45. The van der Waals surface area contributed by atoms with E-state index in [0.717, 1.165) is 12.8 Å². The van der Waals surface area contributed by atoms with Crippen molar-refractivity contribution in [3.63, 3.8) is 0 Å². The summed E-state index contributed by atoms with van der Waals surface area (Å²) in [6, 6.07) is -0.384. The fraction of sp³-hybridized carbons (Fsp3) is 0.714. The van der Waals surface area contributed by atoms with Crippen LogP contribution in [0.5, 0.6) is 5.75 Å². The lowest BCUT2D eigenvalue weighted by Crippen LogP contribution is -2.34. The topological polar surface area (TPSA) is 149 Å². The Morgan fingerprint density at radius 3 is 2.29 bits per heavy atom. The SMILES string of the molecule is COCC(COC)n1c(NS(=O)(=O)[C@@H](C)[C@H](OC)c2ncc(OC)cn2)nnc1[C@H]1CC[C@@H](C)O1. The molecule has 0 aromatic carbocycles. The van der Waals surface area contributed by atoms with E-state index < -0.39 is 21.4 Å². The van der Waals surface area contributed by atoms with E-state index in [1.165, 1.54) is 33.5 Å². The number of hydrogen-bond donors (Lipinski definition) is 1. The summed E-state index contributed by atoms with van der Waals surface area (Å²) < 4.78 is 58.4. The third-order valence-electron chi connectivity index (χ3n) is 5.87. The fourth-order valence-electron chi connectivity index (χ4n) is 4.00. The fourth-order valence-corrected chi connectivity index (χ4v) is 5.13. The average molecular weight is 515 g/mol. The van der Waals surface area contributed by atoms with Crippen molar-refractivity contribution in [2.45, 2.75) is 56.3 Å². The molecule has 1 aliphatic heterocycles. The molecule has 0 bridgehead atoms. The molecule has 0 saturated carbocycles. The molecule has 13 nitrogen and oxygen atoms in total. The number of ether oxygens (including phenoxy) is 5. The Morgan fingerprint density at radius 1 is 1.11 bits per heavy atom. The summed E-state index contributed by atoms with van der Waals surface area (Å²) in [7, 11) is 1.98. The summed E-state index contributed by atoms with van der Waals surface area (Å²) in [4.78, 5) is 8.37. The van der Waals surface area contributed by atoms with E-state index in [1.807, 2.05) is 6.92 Å². The number of aromatic nitrogens is 5. The van der Waals surface area contributed by atoms with E-state index >= 15 is 0 Å². The molecule has 196 valence electrons. The van der Waals surface area contributed by atoms with Gasteiger partial charge in [-0.05, 0) is 26.7 Å². The van der Waals surface area contributed by atoms with Crippen LogP contribution >= 0.6 is 0 Å². The zero-order chi connectivity index (χ0) is 25.6. The second-order valence-electron chi connectivity index (χ2n) is 8.32. The van der Waals surface area contributed by atoms with Gasteiger partial charge in [0.05, 0.1) is 44.9 Å². The first-order valence-corrected chi connectivity index (χ1v) is 12.8. The summed E-state index contributed by atoms with van der Waals surface area (Å²) in [5, 5.41) is 7.38. The lowest BCUT2D eigenvalue weighted by molar-refractivity contribution is 0.0406. The maximum atomic E-state index is 13.4. The zero-order valence-electron chi connectivity index (χ0n) is 20.9. The quantitative estimate of drug-likeness (QED) is 0.416. The van der Waals surface area contributed by atoms with Gasteiger partial charge in [-0.1, -0.05) is 0 Å². The molecular formula is C21H34N6O7S. The molecule has 4 atom stereocenters. The van der Waals surface area contributed by atoms with E-state index in [0.29, 0.717) is 11.6 Å². The van der Waals surface area contributed by atoms with E-state index in [9.17, 15) is 8.42 Å². The lowest BCUT2D eigenvalue weighted by Gasteiger charge is -2.25. The van der Waals surface area contributed by atoms with Gasteiger partial charge in [-0.2, -0.15) is 0 Å². The summed E-state index contributed by atoms with van der Waals surface area (Å²) in [5.74, 6) is 1.21. The van der Waals surface area contributed by atoms with Gasteiger partial charge < -0.3 is 23.7 Å². The molecule has 14 heteroatoms. The molecule has 0 radical (unpaired) electrons. The maximum Gasteiger partial charge on any atom is 0.240 e.